The molecule has 0 aliphatic carbocycles. The van der Waals surface area contributed by atoms with E-state index in [0.29, 0.717) is 36.5 Å². The molecule has 1 aliphatic rings. The maximum absolute atomic E-state index is 14.5. The molecule has 0 bridgehead atoms. The van der Waals surface area contributed by atoms with Gasteiger partial charge >= 0.3 is 5.63 Å². The van der Waals surface area contributed by atoms with Gasteiger partial charge in [0.05, 0.1) is 5.69 Å². The van der Waals surface area contributed by atoms with Crippen LogP contribution in [-0.2, 0) is 13.0 Å². The van der Waals surface area contributed by atoms with Crippen LogP contribution in [0.25, 0.3) is 11.0 Å². The summed E-state index contributed by atoms with van der Waals surface area (Å²) < 4.78 is 19.9. The molecule has 1 fully saturated rings. The molecule has 0 N–H and O–H groups in total. The van der Waals surface area contributed by atoms with E-state index < -0.39 is 0 Å². The number of rotatable bonds is 5. The van der Waals surface area contributed by atoms with Crippen molar-refractivity contribution in [1.82, 2.24) is 4.90 Å². The summed E-state index contributed by atoms with van der Waals surface area (Å²) in [5.41, 5.74) is 3.29. The van der Waals surface area contributed by atoms with Crippen LogP contribution in [0.15, 0.2) is 51.7 Å². The highest BCUT2D eigenvalue weighted by atomic mass is 19.1. The molecule has 30 heavy (non-hydrogen) atoms. The van der Waals surface area contributed by atoms with Gasteiger partial charge in [0, 0.05) is 49.7 Å². The normalized spacial score (nSPS) is 15.0. The number of hydrogen-bond donors (Lipinski definition) is 0. The smallest absolute Gasteiger partial charge is 0.336 e. The molecule has 0 amide bonds. The molecule has 2 heterocycles. The Morgan fingerprint density at radius 2 is 1.83 bits per heavy atom. The fourth-order valence-electron chi connectivity index (χ4n) is 4.00. The third kappa shape index (κ3) is 4.14. The van der Waals surface area contributed by atoms with Crippen LogP contribution in [0, 0.1) is 5.82 Å². The number of hydrogen-bond acceptors (Lipinski definition) is 5. The molecule has 1 aromatic heterocycles. The zero-order chi connectivity index (χ0) is 21.3. The van der Waals surface area contributed by atoms with Gasteiger partial charge in [-0.1, -0.05) is 19.1 Å². The van der Waals surface area contributed by atoms with Gasteiger partial charge in [-0.25, -0.2) is 9.18 Å². The fraction of sp³-hybridized carbons (Fsp3) is 0.333. The third-order valence-corrected chi connectivity index (χ3v) is 5.76. The Bertz CT molecular complexity index is 1150. The lowest BCUT2D eigenvalue weighted by Crippen LogP contribution is -2.46. The molecule has 0 saturated carbocycles. The van der Waals surface area contributed by atoms with Gasteiger partial charge in [0.25, 0.3) is 0 Å². The number of carbonyl (C=O) groups is 1. The van der Waals surface area contributed by atoms with Crippen molar-refractivity contribution in [2.45, 2.75) is 26.8 Å². The van der Waals surface area contributed by atoms with Crippen molar-refractivity contribution in [1.29, 1.82) is 0 Å². The second-order valence-corrected chi connectivity index (χ2v) is 7.76. The SMILES string of the molecule is CCc1ccc2c(CN3CCN(c4ccc(C(C)=O)cc4F)CC3)cc(=O)oc2c1. The van der Waals surface area contributed by atoms with Crippen molar-refractivity contribution in [2.24, 2.45) is 0 Å². The Morgan fingerprint density at radius 1 is 1.07 bits per heavy atom. The van der Waals surface area contributed by atoms with Gasteiger partial charge < -0.3 is 9.32 Å². The Kier molecular flexibility index (Phi) is 5.68. The molecule has 2 aromatic carbocycles. The summed E-state index contributed by atoms with van der Waals surface area (Å²) >= 11 is 0. The first kappa shape index (κ1) is 20.3. The zero-order valence-electron chi connectivity index (χ0n) is 17.3. The number of aryl methyl sites for hydroxylation is 1. The summed E-state index contributed by atoms with van der Waals surface area (Å²) in [6.07, 6.45) is 0.885. The van der Waals surface area contributed by atoms with Crippen molar-refractivity contribution in [3.05, 3.63) is 75.4 Å². The predicted octanol–water partition coefficient (Wildman–Crippen LogP) is 4.02. The molecule has 1 saturated heterocycles. The summed E-state index contributed by atoms with van der Waals surface area (Å²) in [6, 6.07) is 12.3. The predicted molar refractivity (Wildman–Crippen MR) is 116 cm³/mol. The standard InChI is InChI=1S/C24H25FN2O3/c1-3-17-4-6-20-19(14-24(29)30-23(20)12-17)15-26-8-10-27(11-9-26)22-7-5-18(16(2)28)13-21(22)25/h4-7,12-14H,3,8-11,15H2,1-2H3. The lowest BCUT2D eigenvalue weighted by atomic mass is 10.1. The molecule has 0 radical (unpaired) electrons. The van der Waals surface area contributed by atoms with E-state index in [0.717, 1.165) is 36.0 Å². The Hall–Kier alpha value is -2.99. The Morgan fingerprint density at radius 3 is 2.50 bits per heavy atom. The van der Waals surface area contributed by atoms with Crippen LogP contribution < -0.4 is 10.5 Å². The number of Topliss-reactive ketones (excluding diaryl/α,β-unsaturated/α-hetero) is 1. The van der Waals surface area contributed by atoms with E-state index in [2.05, 4.69) is 17.9 Å². The van der Waals surface area contributed by atoms with Gasteiger partial charge in [0.2, 0.25) is 0 Å². The monoisotopic (exact) mass is 408 g/mol. The van der Waals surface area contributed by atoms with Crippen LogP contribution >= 0.6 is 0 Å². The van der Waals surface area contributed by atoms with Gasteiger partial charge in [0.15, 0.2) is 5.78 Å². The van der Waals surface area contributed by atoms with E-state index >= 15 is 0 Å². The zero-order valence-corrected chi connectivity index (χ0v) is 17.3. The lowest BCUT2D eigenvalue weighted by molar-refractivity contribution is 0.101. The van der Waals surface area contributed by atoms with Crippen molar-refractivity contribution < 1.29 is 13.6 Å². The van der Waals surface area contributed by atoms with Crippen molar-refractivity contribution in [3.63, 3.8) is 0 Å². The average Bonchev–Trinajstić information content (AvgIpc) is 2.73. The number of benzene rings is 2. The summed E-state index contributed by atoms with van der Waals surface area (Å²) in [5, 5.41) is 0.958. The van der Waals surface area contributed by atoms with Gasteiger partial charge in [-0.2, -0.15) is 0 Å². The Labute approximate surface area is 174 Å². The number of ketones is 1. The van der Waals surface area contributed by atoms with Crippen molar-refractivity contribution in [3.8, 4) is 0 Å². The van der Waals surface area contributed by atoms with E-state index in [4.69, 9.17) is 4.42 Å². The fourth-order valence-corrected chi connectivity index (χ4v) is 4.00. The molecule has 0 atom stereocenters. The first-order valence-electron chi connectivity index (χ1n) is 10.3. The highest BCUT2D eigenvalue weighted by Gasteiger charge is 2.21. The molecule has 1 aliphatic heterocycles. The largest absolute Gasteiger partial charge is 0.423 e. The number of nitrogens with zero attached hydrogens (tertiary/aromatic N) is 2. The quantitative estimate of drug-likeness (QED) is 0.472. The summed E-state index contributed by atoms with van der Waals surface area (Å²) in [4.78, 5) is 27.7. The molecule has 3 aromatic rings. The molecule has 0 unspecified atom stereocenters. The number of anilines is 1. The van der Waals surface area contributed by atoms with Gasteiger partial charge in [-0.15, -0.1) is 0 Å². The van der Waals surface area contributed by atoms with Gasteiger partial charge in [0.1, 0.15) is 11.4 Å². The number of carbonyl (C=O) groups excluding carboxylic acids is 1. The third-order valence-electron chi connectivity index (χ3n) is 5.76. The molecule has 4 rings (SSSR count). The molecule has 6 heteroatoms. The minimum atomic E-state index is -0.366. The van der Waals surface area contributed by atoms with Crippen LogP contribution in [0.3, 0.4) is 0 Å². The molecule has 0 spiro atoms. The summed E-state index contributed by atoms with van der Waals surface area (Å²) in [6.45, 7) is 7.01. The second kappa shape index (κ2) is 8.40. The van der Waals surface area contributed by atoms with Gasteiger partial charge in [-0.3, -0.25) is 9.69 Å². The minimum absolute atomic E-state index is 0.143. The lowest BCUT2D eigenvalue weighted by Gasteiger charge is -2.36. The minimum Gasteiger partial charge on any atom is -0.423 e. The number of piperazine rings is 1. The maximum atomic E-state index is 14.5. The summed E-state index contributed by atoms with van der Waals surface area (Å²) in [5.74, 6) is -0.509. The van der Waals surface area contributed by atoms with E-state index in [-0.39, 0.29) is 17.2 Å². The average molecular weight is 408 g/mol. The van der Waals surface area contributed by atoms with Crippen LogP contribution in [0.1, 0.15) is 35.3 Å². The molecular formula is C24H25FN2O3. The topological polar surface area (TPSA) is 53.8 Å². The van der Waals surface area contributed by atoms with Crippen LogP contribution in [0.4, 0.5) is 10.1 Å². The van der Waals surface area contributed by atoms with Crippen LogP contribution in [-0.4, -0.2) is 36.9 Å². The van der Waals surface area contributed by atoms with Gasteiger partial charge in [-0.05, 0) is 48.7 Å². The van der Waals surface area contributed by atoms with Crippen LogP contribution in [0.5, 0.6) is 0 Å². The molecule has 5 nitrogen and oxygen atoms in total. The maximum Gasteiger partial charge on any atom is 0.336 e. The molecule has 156 valence electrons. The second-order valence-electron chi connectivity index (χ2n) is 7.76. The first-order chi connectivity index (χ1) is 14.4. The number of halogens is 1. The molecular weight excluding hydrogens is 383 g/mol. The summed E-state index contributed by atoms with van der Waals surface area (Å²) in [7, 11) is 0. The van der Waals surface area contributed by atoms with E-state index in [9.17, 15) is 14.0 Å². The van der Waals surface area contributed by atoms with Crippen molar-refractivity contribution >= 4 is 22.4 Å². The number of fused-ring (bicyclic) bond motifs is 1. The van der Waals surface area contributed by atoms with Crippen LogP contribution in [0.2, 0.25) is 0 Å². The first-order valence-corrected chi connectivity index (χ1v) is 10.3. The van der Waals surface area contributed by atoms with E-state index in [1.165, 1.54) is 13.0 Å². The van der Waals surface area contributed by atoms with Crippen molar-refractivity contribution in [2.75, 3.05) is 31.1 Å². The van der Waals surface area contributed by atoms with E-state index in [1.807, 2.05) is 17.0 Å². The highest BCUT2D eigenvalue weighted by Crippen LogP contribution is 2.24. The highest BCUT2D eigenvalue weighted by molar-refractivity contribution is 5.94. The van der Waals surface area contributed by atoms with E-state index in [1.54, 1.807) is 18.2 Å². The Balaban J connectivity index is 1.48.